The quantitative estimate of drug-likeness (QED) is 0.897. The second-order valence-corrected chi connectivity index (χ2v) is 6.62. The third kappa shape index (κ3) is 3.90. The van der Waals surface area contributed by atoms with Crippen molar-refractivity contribution >= 4 is 11.9 Å². The van der Waals surface area contributed by atoms with Gasteiger partial charge in [0.1, 0.15) is 0 Å². The van der Waals surface area contributed by atoms with E-state index in [9.17, 15) is 14.7 Å². The Kier molecular flexibility index (Phi) is 5.17. The molecule has 1 unspecified atom stereocenters. The van der Waals surface area contributed by atoms with E-state index in [1.54, 1.807) is 18.2 Å². The van der Waals surface area contributed by atoms with Crippen molar-refractivity contribution in [1.82, 2.24) is 4.90 Å². The van der Waals surface area contributed by atoms with E-state index >= 15 is 0 Å². The first kappa shape index (κ1) is 17.2. The molecule has 1 heterocycles. The number of carbonyl (C=O) groups is 2. The molecule has 2 aromatic carbocycles. The minimum Gasteiger partial charge on any atom is -0.478 e. The van der Waals surface area contributed by atoms with Gasteiger partial charge in [0.25, 0.3) is 0 Å². The number of likely N-dealkylation sites (tertiary alicyclic amines) is 1. The molecule has 3 rings (SSSR count). The lowest BCUT2D eigenvalue weighted by atomic mass is 10.0. The highest BCUT2D eigenvalue weighted by Crippen LogP contribution is 2.33. The Morgan fingerprint density at radius 3 is 2.72 bits per heavy atom. The first-order chi connectivity index (χ1) is 12.1. The van der Waals surface area contributed by atoms with Crippen molar-refractivity contribution in [1.29, 1.82) is 0 Å². The number of aromatic carboxylic acids is 1. The van der Waals surface area contributed by atoms with Crippen LogP contribution in [0.2, 0.25) is 0 Å². The van der Waals surface area contributed by atoms with E-state index in [1.807, 2.05) is 17.0 Å². The summed E-state index contributed by atoms with van der Waals surface area (Å²) < 4.78 is 0. The molecule has 4 heteroatoms. The molecule has 0 aliphatic carbocycles. The van der Waals surface area contributed by atoms with Gasteiger partial charge in [-0.2, -0.15) is 0 Å². The molecule has 0 radical (unpaired) electrons. The van der Waals surface area contributed by atoms with Gasteiger partial charge < -0.3 is 10.0 Å². The molecule has 1 aliphatic heterocycles. The molecule has 1 fully saturated rings. The molecule has 0 saturated carbocycles. The highest BCUT2D eigenvalue weighted by atomic mass is 16.4. The number of carboxylic acid groups (broad SMARTS) is 1. The zero-order valence-corrected chi connectivity index (χ0v) is 14.4. The summed E-state index contributed by atoms with van der Waals surface area (Å²) in [5.74, 6) is -0.842. The zero-order chi connectivity index (χ0) is 17.8. The van der Waals surface area contributed by atoms with Crippen LogP contribution in [0, 0.1) is 6.92 Å². The lowest BCUT2D eigenvalue weighted by molar-refractivity contribution is -0.132. The van der Waals surface area contributed by atoms with Gasteiger partial charge in [0.2, 0.25) is 5.91 Å². The molecule has 1 saturated heterocycles. The van der Waals surface area contributed by atoms with E-state index in [-0.39, 0.29) is 17.5 Å². The average Bonchev–Trinajstić information content (AvgIpc) is 3.09. The Hall–Kier alpha value is -2.62. The second-order valence-electron chi connectivity index (χ2n) is 6.62. The van der Waals surface area contributed by atoms with Gasteiger partial charge in [-0.1, -0.05) is 48.0 Å². The molecule has 1 N–H and O–H groups in total. The molecule has 0 spiro atoms. The van der Waals surface area contributed by atoms with Crippen molar-refractivity contribution in [3.8, 4) is 0 Å². The lowest BCUT2D eigenvalue weighted by Gasteiger charge is -2.25. The monoisotopic (exact) mass is 337 g/mol. The number of aryl methyl sites for hydroxylation is 2. The van der Waals surface area contributed by atoms with Crippen LogP contribution in [0.3, 0.4) is 0 Å². The van der Waals surface area contributed by atoms with Crippen molar-refractivity contribution in [3.63, 3.8) is 0 Å². The Morgan fingerprint density at radius 1 is 1.16 bits per heavy atom. The number of benzene rings is 2. The SMILES string of the molecule is Cc1cccc(C2CCCN2C(=O)CCc2ccccc2C(=O)O)c1. The van der Waals surface area contributed by atoms with Gasteiger partial charge in [-0.05, 0) is 43.4 Å². The molecular formula is C21H23NO3. The third-order valence-corrected chi connectivity index (χ3v) is 4.86. The van der Waals surface area contributed by atoms with Gasteiger partial charge in [0, 0.05) is 13.0 Å². The standard InChI is InChI=1S/C21H23NO3/c1-15-6-4-8-17(14-15)19-10-5-13-22(19)20(23)12-11-16-7-2-3-9-18(16)21(24)25/h2-4,6-9,14,19H,5,10-13H2,1H3,(H,24,25). The Balaban J connectivity index is 1.70. The van der Waals surface area contributed by atoms with E-state index in [4.69, 9.17) is 0 Å². The van der Waals surface area contributed by atoms with Gasteiger partial charge in [0.05, 0.1) is 11.6 Å². The predicted octanol–water partition coefficient (Wildman–Crippen LogP) is 3.99. The van der Waals surface area contributed by atoms with E-state index in [0.717, 1.165) is 24.9 Å². The van der Waals surface area contributed by atoms with Crippen LogP contribution in [-0.2, 0) is 11.2 Å². The molecular weight excluding hydrogens is 314 g/mol. The van der Waals surface area contributed by atoms with Gasteiger partial charge in [-0.15, -0.1) is 0 Å². The van der Waals surface area contributed by atoms with Gasteiger partial charge in [-0.25, -0.2) is 4.79 Å². The highest BCUT2D eigenvalue weighted by molar-refractivity contribution is 5.89. The lowest BCUT2D eigenvalue weighted by Crippen LogP contribution is -2.30. The molecule has 1 amide bonds. The van der Waals surface area contributed by atoms with E-state index < -0.39 is 5.97 Å². The maximum absolute atomic E-state index is 12.7. The summed E-state index contributed by atoms with van der Waals surface area (Å²) in [6.45, 7) is 2.84. The maximum Gasteiger partial charge on any atom is 0.335 e. The zero-order valence-electron chi connectivity index (χ0n) is 14.4. The number of nitrogens with zero attached hydrogens (tertiary/aromatic N) is 1. The topological polar surface area (TPSA) is 57.6 Å². The summed E-state index contributed by atoms with van der Waals surface area (Å²) >= 11 is 0. The second kappa shape index (κ2) is 7.51. The average molecular weight is 337 g/mol. The van der Waals surface area contributed by atoms with Gasteiger partial charge >= 0.3 is 5.97 Å². The fraction of sp³-hybridized carbons (Fsp3) is 0.333. The largest absolute Gasteiger partial charge is 0.478 e. The minimum absolute atomic E-state index is 0.101. The number of rotatable bonds is 5. The number of carboxylic acids is 1. The van der Waals surface area contributed by atoms with E-state index in [2.05, 4.69) is 25.1 Å². The summed E-state index contributed by atoms with van der Waals surface area (Å²) in [6, 6.07) is 15.4. The molecule has 0 aromatic heterocycles. The Bertz CT molecular complexity index is 784. The van der Waals surface area contributed by atoms with Crippen LogP contribution >= 0.6 is 0 Å². The van der Waals surface area contributed by atoms with Crippen LogP contribution in [0.25, 0.3) is 0 Å². The summed E-state index contributed by atoms with van der Waals surface area (Å²) in [5.41, 5.74) is 3.39. The van der Waals surface area contributed by atoms with E-state index in [0.29, 0.717) is 12.8 Å². The first-order valence-corrected chi connectivity index (χ1v) is 8.73. The van der Waals surface area contributed by atoms with Gasteiger partial charge in [0.15, 0.2) is 0 Å². The van der Waals surface area contributed by atoms with Crippen LogP contribution < -0.4 is 0 Å². The molecule has 1 aliphatic rings. The van der Waals surface area contributed by atoms with Crippen LogP contribution in [0.4, 0.5) is 0 Å². The van der Waals surface area contributed by atoms with Crippen molar-refractivity contribution in [3.05, 3.63) is 70.8 Å². The summed E-state index contributed by atoms with van der Waals surface area (Å²) in [6.07, 6.45) is 2.79. The summed E-state index contributed by atoms with van der Waals surface area (Å²) in [7, 11) is 0. The molecule has 2 aromatic rings. The first-order valence-electron chi connectivity index (χ1n) is 8.73. The molecule has 0 bridgehead atoms. The molecule has 1 atom stereocenters. The molecule has 130 valence electrons. The van der Waals surface area contributed by atoms with Crippen molar-refractivity contribution in [2.24, 2.45) is 0 Å². The maximum atomic E-state index is 12.7. The smallest absolute Gasteiger partial charge is 0.335 e. The Morgan fingerprint density at radius 2 is 1.96 bits per heavy atom. The molecule has 25 heavy (non-hydrogen) atoms. The third-order valence-electron chi connectivity index (χ3n) is 4.86. The molecule has 4 nitrogen and oxygen atoms in total. The minimum atomic E-state index is -0.943. The van der Waals surface area contributed by atoms with Gasteiger partial charge in [-0.3, -0.25) is 4.79 Å². The van der Waals surface area contributed by atoms with Crippen molar-refractivity contribution in [2.45, 2.75) is 38.6 Å². The number of hydrogen-bond donors (Lipinski definition) is 1. The number of carbonyl (C=O) groups excluding carboxylic acids is 1. The Labute approximate surface area is 148 Å². The number of hydrogen-bond acceptors (Lipinski definition) is 2. The normalized spacial score (nSPS) is 16.8. The highest BCUT2D eigenvalue weighted by Gasteiger charge is 2.29. The van der Waals surface area contributed by atoms with Crippen LogP contribution in [0.15, 0.2) is 48.5 Å². The summed E-state index contributed by atoms with van der Waals surface area (Å²) in [5, 5.41) is 9.26. The van der Waals surface area contributed by atoms with Crippen LogP contribution in [0.5, 0.6) is 0 Å². The fourth-order valence-electron chi connectivity index (χ4n) is 3.62. The van der Waals surface area contributed by atoms with E-state index in [1.165, 1.54) is 11.1 Å². The number of amides is 1. The fourth-order valence-corrected chi connectivity index (χ4v) is 3.62. The summed E-state index contributed by atoms with van der Waals surface area (Å²) in [4.78, 5) is 26.0. The van der Waals surface area contributed by atoms with Crippen LogP contribution in [-0.4, -0.2) is 28.4 Å². The van der Waals surface area contributed by atoms with Crippen molar-refractivity contribution < 1.29 is 14.7 Å². The van der Waals surface area contributed by atoms with Crippen molar-refractivity contribution in [2.75, 3.05) is 6.54 Å². The predicted molar refractivity (Wildman–Crippen MR) is 96.6 cm³/mol. The van der Waals surface area contributed by atoms with Crippen LogP contribution in [0.1, 0.15) is 52.4 Å².